The van der Waals surface area contributed by atoms with Crippen molar-refractivity contribution < 1.29 is 17.9 Å². The van der Waals surface area contributed by atoms with Gasteiger partial charge in [-0.3, -0.25) is 9.10 Å². The van der Waals surface area contributed by atoms with Gasteiger partial charge in [0.05, 0.1) is 26.8 Å². The van der Waals surface area contributed by atoms with E-state index in [0.717, 1.165) is 4.31 Å². The zero-order valence-corrected chi connectivity index (χ0v) is 19.9. The van der Waals surface area contributed by atoms with E-state index in [1.165, 1.54) is 36.5 Å². The molecule has 0 fully saturated rings. The molecule has 0 aliphatic rings. The standard InChI is InChI=1S/C23H18Cl2N4O4S/c24-21-11-8-18(14-22(21)25)29(34(31,32)20-4-2-1-3-5-20)16-23(30)28-27-15-17-6-9-19(10-7-17)33-13-12-26/h1-11,14-15H,13,16H2,(H,28,30)/b27-15-. The number of carbonyl (C=O) groups is 1. The fraction of sp³-hybridized carbons (Fsp3) is 0.0870. The second kappa shape index (κ2) is 11.5. The van der Waals surface area contributed by atoms with Crippen molar-refractivity contribution in [3.8, 4) is 11.8 Å². The fourth-order valence-corrected chi connectivity index (χ4v) is 4.51. The molecule has 0 saturated heterocycles. The van der Waals surface area contributed by atoms with Gasteiger partial charge in [-0.15, -0.1) is 0 Å². The lowest BCUT2D eigenvalue weighted by molar-refractivity contribution is -0.119. The Morgan fingerprint density at radius 1 is 1.06 bits per heavy atom. The molecule has 3 aromatic rings. The van der Waals surface area contributed by atoms with Crippen molar-refractivity contribution in [3.63, 3.8) is 0 Å². The van der Waals surface area contributed by atoms with E-state index in [4.69, 9.17) is 33.2 Å². The minimum absolute atomic E-state index is 0.0103. The lowest BCUT2D eigenvalue weighted by atomic mass is 10.2. The Morgan fingerprint density at radius 3 is 2.41 bits per heavy atom. The summed E-state index contributed by atoms with van der Waals surface area (Å²) in [5, 5.41) is 12.8. The second-order valence-electron chi connectivity index (χ2n) is 6.73. The molecule has 3 aromatic carbocycles. The number of sulfonamides is 1. The molecular weight excluding hydrogens is 499 g/mol. The summed E-state index contributed by atoms with van der Waals surface area (Å²) in [5.41, 5.74) is 3.15. The lowest BCUT2D eigenvalue weighted by Gasteiger charge is -2.24. The number of ether oxygens (including phenoxy) is 1. The fourth-order valence-electron chi connectivity index (χ4n) is 2.79. The van der Waals surface area contributed by atoms with Crippen LogP contribution in [-0.2, 0) is 14.8 Å². The summed E-state index contributed by atoms with van der Waals surface area (Å²) < 4.78 is 32.6. The maximum Gasteiger partial charge on any atom is 0.264 e. The smallest absolute Gasteiger partial charge is 0.264 e. The van der Waals surface area contributed by atoms with Gasteiger partial charge in [-0.1, -0.05) is 41.4 Å². The number of benzene rings is 3. The van der Waals surface area contributed by atoms with Crippen molar-refractivity contribution in [2.45, 2.75) is 4.90 Å². The first-order valence-electron chi connectivity index (χ1n) is 9.76. The van der Waals surface area contributed by atoms with Crippen LogP contribution >= 0.6 is 23.2 Å². The van der Waals surface area contributed by atoms with E-state index in [9.17, 15) is 13.2 Å². The number of hydrogen-bond donors (Lipinski definition) is 1. The molecule has 3 rings (SSSR count). The number of nitriles is 1. The SMILES string of the molecule is N#CCOc1ccc(/C=N\NC(=O)CN(c2ccc(Cl)c(Cl)c2)S(=O)(=O)c2ccccc2)cc1. The number of halogens is 2. The molecule has 174 valence electrons. The summed E-state index contributed by atoms with van der Waals surface area (Å²) in [5.74, 6) is -0.151. The van der Waals surface area contributed by atoms with Crippen molar-refractivity contribution >= 4 is 51.0 Å². The van der Waals surface area contributed by atoms with Crippen LogP contribution in [0.15, 0.2) is 82.8 Å². The third kappa shape index (κ3) is 6.48. The summed E-state index contributed by atoms with van der Waals surface area (Å²) in [6.45, 7) is -0.613. The topological polar surface area (TPSA) is 112 Å². The van der Waals surface area contributed by atoms with Gasteiger partial charge < -0.3 is 4.74 Å². The van der Waals surface area contributed by atoms with Crippen LogP contribution in [0.5, 0.6) is 5.75 Å². The lowest BCUT2D eigenvalue weighted by Crippen LogP contribution is -2.39. The van der Waals surface area contributed by atoms with Gasteiger partial charge in [0.1, 0.15) is 18.4 Å². The van der Waals surface area contributed by atoms with Gasteiger partial charge in [-0.25, -0.2) is 13.8 Å². The van der Waals surface area contributed by atoms with Crippen molar-refractivity contribution in [3.05, 3.63) is 88.4 Å². The van der Waals surface area contributed by atoms with E-state index in [1.807, 2.05) is 6.07 Å². The monoisotopic (exact) mass is 516 g/mol. The molecule has 0 atom stereocenters. The number of carbonyl (C=O) groups excluding carboxylic acids is 1. The molecule has 0 aliphatic heterocycles. The molecule has 0 unspecified atom stereocenters. The molecule has 0 bridgehead atoms. The summed E-state index contributed by atoms with van der Waals surface area (Å²) >= 11 is 12.0. The van der Waals surface area contributed by atoms with Gasteiger partial charge in [-0.2, -0.15) is 10.4 Å². The number of hydrazone groups is 1. The first-order valence-corrected chi connectivity index (χ1v) is 12.0. The second-order valence-corrected chi connectivity index (χ2v) is 9.41. The molecule has 0 heterocycles. The molecule has 0 aromatic heterocycles. The Hall–Kier alpha value is -3.58. The highest BCUT2D eigenvalue weighted by Crippen LogP contribution is 2.30. The predicted octanol–water partition coefficient (Wildman–Crippen LogP) is 4.24. The molecular formula is C23H18Cl2N4O4S. The van der Waals surface area contributed by atoms with Gasteiger partial charge in [0, 0.05) is 0 Å². The Morgan fingerprint density at radius 2 is 1.76 bits per heavy atom. The average molecular weight is 517 g/mol. The number of hydrogen-bond acceptors (Lipinski definition) is 6. The van der Waals surface area contributed by atoms with E-state index in [0.29, 0.717) is 11.3 Å². The van der Waals surface area contributed by atoms with Gasteiger partial charge in [0.15, 0.2) is 6.61 Å². The zero-order valence-electron chi connectivity index (χ0n) is 17.6. The van der Waals surface area contributed by atoms with Crippen LogP contribution in [0, 0.1) is 11.3 Å². The van der Waals surface area contributed by atoms with Gasteiger partial charge in [0.2, 0.25) is 0 Å². The van der Waals surface area contributed by atoms with Crippen molar-refractivity contribution in [1.29, 1.82) is 5.26 Å². The molecule has 0 spiro atoms. The summed E-state index contributed by atoms with van der Waals surface area (Å²) in [6.07, 6.45) is 1.39. The maximum atomic E-state index is 13.3. The van der Waals surface area contributed by atoms with Crippen molar-refractivity contribution in [2.75, 3.05) is 17.5 Å². The normalized spacial score (nSPS) is 11.1. The first-order chi connectivity index (χ1) is 16.3. The van der Waals surface area contributed by atoms with Crippen LogP contribution in [0.1, 0.15) is 5.56 Å². The van der Waals surface area contributed by atoms with E-state index in [1.54, 1.807) is 42.5 Å². The Labute approximate surface area is 207 Å². The molecule has 11 heteroatoms. The average Bonchev–Trinajstić information content (AvgIpc) is 2.84. The van der Waals surface area contributed by atoms with Crippen molar-refractivity contribution in [2.24, 2.45) is 5.10 Å². The summed E-state index contributed by atoms with van der Waals surface area (Å²) in [4.78, 5) is 12.6. The minimum Gasteiger partial charge on any atom is -0.479 e. The Kier molecular flexibility index (Phi) is 8.49. The van der Waals surface area contributed by atoms with E-state index >= 15 is 0 Å². The van der Waals surface area contributed by atoms with Gasteiger partial charge in [-0.05, 0) is 60.2 Å². The molecule has 1 N–H and O–H groups in total. The van der Waals surface area contributed by atoms with Crippen LogP contribution in [0.4, 0.5) is 5.69 Å². The van der Waals surface area contributed by atoms with Crippen LogP contribution < -0.4 is 14.5 Å². The number of nitrogens with one attached hydrogen (secondary N) is 1. The summed E-state index contributed by atoms with van der Waals surface area (Å²) in [7, 11) is -4.09. The number of nitrogens with zero attached hydrogens (tertiary/aromatic N) is 3. The minimum atomic E-state index is -4.09. The third-order valence-electron chi connectivity index (χ3n) is 4.40. The zero-order chi connectivity index (χ0) is 24.6. The van der Waals surface area contributed by atoms with Crippen molar-refractivity contribution in [1.82, 2.24) is 5.43 Å². The maximum absolute atomic E-state index is 13.3. The predicted molar refractivity (Wildman–Crippen MR) is 131 cm³/mol. The van der Waals surface area contributed by atoms with Gasteiger partial charge in [0.25, 0.3) is 15.9 Å². The highest BCUT2D eigenvalue weighted by atomic mass is 35.5. The molecule has 0 aliphatic carbocycles. The van der Waals surface area contributed by atoms with Crippen LogP contribution in [0.3, 0.4) is 0 Å². The largest absolute Gasteiger partial charge is 0.479 e. The Bertz CT molecular complexity index is 1330. The number of amides is 1. The number of rotatable bonds is 9. The van der Waals surface area contributed by atoms with Gasteiger partial charge >= 0.3 is 0 Å². The number of anilines is 1. The van der Waals surface area contributed by atoms with Crippen LogP contribution in [0.25, 0.3) is 0 Å². The van der Waals surface area contributed by atoms with E-state index in [2.05, 4.69) is 10.5 Å². The quantitative estimate of drug-likeness (QED) is 0.337. The van der Waals surface area contributed by atoms with Crippen LogP contribution in [0.2, 0.25) is 10.0 Å². The molecule has 8 nitrogen and oxygen atoms in total. The van der Waals surface area contributed by atoms with E-state index in [-0.39, 0.29) is 27.2 Å². The molecule has 1 amide bonds. The molecule has 34 heavy (non-hydrogen) atoms. The highest BCUT2D eigenvalue weighted by molar-refractivity contribution is 7.92. The molecule has 0 saturated carbocycles. The highest BCUT2D eigenvalue weighted by Gasteiger charge is 2.27. The third-order valence-corrected chi connectivity index (χ3v) is 6.92. The van der Waals surface area contributed by atoms with Crippen LogP contribution in [-0.4, -0.2) is 33.7 Å². The van der Waals surface area contributed by atoms with E-state index < -0.39 is 22.5 Å². The molecule has 0 radical (unpaired) electrons. The Balaban J connectivity index is 1.77. The first kappa shape index (κ1) is 25.1. The summed E-state index contributed by atoms with van der Waals surface area (Å²) in [6, 6.07) is 20.5.